The predicted octanol–water partition coefficient (Wildman–Crippen LogP) is 1.62. The Kier molecular flexibility index (Phi) is 2.92. The van der Waals surface area contributed by atoms with E-state index in [9.17, 15) is 4.79 Å². The van der Waals surface area contributed by atoms with Crippen LogP contribution >= 0.6 is 11.3 Å². The molecule has 0 saturated heterocycles. The van der Waals surface area contributed by atoms with Gasteiger partial charge in [0.2, 0.25) is 0 Å². The Hall–Kier alpha value is -2.34. The van der Waals surface area contributed by atoms with Crippen molar-refractivity contribution in [2.75, 3.05) is 0 Å². The summed E-state index contributed by atoms with van der Waals surface area (Å²) in [7, 11) is 1.71. The molecule has 0 N–H and O–H groups in total. The van der Waals surface area contributed by atoms with Gasteiger partial charge in [-0.1, -0.05) is 11.3 Å². The largest absolute Gasteiger partial charge is 0.287 e. The first kappa shape index (κ1) is 11.7. The number of hydrogen-bond acceptors (Lipinski definition) is 5. The molecule has 3 aromatic heterocycles. The predicted molar refractivity (Wildman–Crippen MR) is 74.3 cm³/mol. The van der Waals surface area contributed by atoms with E-state index in [4.69, 9.17) is 0 Å². The van der Waals surface area contributed by atoms with Crippen LogP contribution in [0.1, 0.15) is 0 Å². The summed E-state index contributed by atoms with van der Waals surface area (Å²) in [5.74, 6) is 0. The number of aromatic nitrogens is 3. The molecule has 6 heteroatoms. The first-order valence-corrected chi connectivity index (χ1v) is 6.47. The lowest BCUT2D eigenvalue weighted by molar-refractivity contribution is 0.832. The van der Waals surface area contributed by atoms with Crippen molar-refractivity contribution in [3.8, 4) is 0 Å². The van der Waals surface area contributed by atoms with E-state index in [0.717, 1.165) is 0 Å². The normalized spacial score (nSPS) is 11.9. The number of nitrogens with zero attached hydrogens (tertiary/aromatic N) is 4. The summed E-state index contributed by atoms with van der Waals surface area (Å²) in [6.07, 6.45) is 5.01. The minimum absolute atomic E-state index is 0.0931. The van der Waals surface area contributed by atoms with Crippen LogP contribution in [-0.4, -0.2) is 14.5 Å². The molecule has 0 saturated carbocycles. The van der Waals surface area contributed by atoms with Crippen molar-refractivity contribution in [1.82, 2.24) is 14.5 Å². The van der Waals surface area contributed by atoms with Gasteiger partial charge in [-0.2, -0.15) is 0 Å². The Balaban J connectivity index is 2.34. The number of fused-ring (bicyclic) bond motifs is 1. The van der Waals surface area contributed by atoms with Crippen molar-refractivity contribution in [3.05, 3.63) is 58.0 Å². The summed E-state index contributed by atoms with van der Waals surface area (Å²) < 4.78 is 1.53. The van der Waals surface area contributed by atoms with E-state index in [0.29, 0.717) is 20.7 Å². The number of pyridine rings is 2. The van der Waals surface area contributed by atoms with E-state index in [2.05, 4.69) is 15.0 Å². The third-order valence-corrected chi connectivity index (χ3v) is 3.72. The Morgan fingerprint density at radius 3 is 2.89 bits per heavy atom. The summed E-state index contributed by atoms with van der Waals surface area (Å²) in [6.45, 7) is 0. The monoisotopic (exact) mass is 270 g/mol. The highest BCUT2D eigenvalue weighted by atomic mass is 32.1. The molecule has 5 nitrogen and oxygen atoms in total. The maximum absolute atomic E-state index is 12.2. The molecule has 0 bridgehead atoms. The lowest BCUT2D eigenvalue weighted by atomic mass is 10.4. The molecule has 0 atom stereocenters. The van der Waals surface area contributed by atoms with Gasteiger partial charge in [0.25, 0.3) is 5.56 Å². The topological polar surface area (TPSA) is 60.1 Å². The molecule has 19 heavy (non-hydrogen) atoms. The van der Waals surface area contributed by atoms with Gasteiger partial charge in [-0.15, -0.1) is 0 Å². The van der Waals surface area contributed by atoms with Gasteiger partial charge in [-0.25, -0.2) is 9.98 Å². The molecule has 0 aliphatic heterocycles. The standard InChI is InChI=1S/C13H10N4OS/c1-17-12(18)10-5-3-7-15-11(10)19-13(17)16-9-4-2-6-14-8-9/h2-8H,1H3. The van der Waals surface area contributed by atoms with Crippen molar-refractivity contribution < 1.29 is 0 Å². The summed E-state index contributed by atoms with van der Waals surface area (Å²) >= 11 is 1.38. The maximum atomic E-state index is 12.2. The zero-order chi connectivity index (χ0) is 13.2. The summed E-state index contributed by atoms with van der Waals surface area (Å²) in [5.41, 5.74) is 0.619. The quantitative estimate of drug-likeness (QED) is 0.675. The zero-order valence-electron chi connectivity index (χ0n) is 10.1. The van der Waals surface area contributed by atoms with E-state index in [1.807, 2.05) is 6.07 Å². The fraction of sp³-hybridized carbons (Fsp3) is 0.0769. The smallest absolute Gasteiger partial charge is 0.262 e. The second-order valence-corrected chi connectivity index (χ2v) is 4.88. The summed E-state index contributed by atoms with van der Waals surface area (Å²) in [6, 6.07) is 7.18. The molecule has 0 unspecified atom stereocenters. The van der Waals surface area contributed by atoms with Crippen LogP contribution in [0.2, 0.25) is 0 Å². The maximum Gasteiger partial charge on any atom is 0.262 e. The lowest BCUT2D eigenvalue weighted by Gasteiger charge is -2.01. The minimum atomic E-state index is -0.0931. The van der Waals surface area contributed by atoms with Gasteiger partial charge in [0.05, 0.1) is 17.3 Å². The van der Waals surface area contributed by atoms with Gasteiger partial charge in [-0.05, 0) is 24.3 Å². The molecule has 0 radical (unpaired) electrons. The molecule has 0 spiro atoms. The molecule has 0 fully saturated rings. The number of rotatable bonds is 1. The molecule has 3 rings (SSSR count). The zero-order valence-corrected chi connectivity index (χ0v) is 11.0. The van der Waals surface area contributed by atoms with Gasteiger partial charge in [0, 0.05) is 19.4 Å². The van der Waals surface area contributed by atoms with Crippen molar-refractivity contribution in [2.45, 2.75) is 0 Å². The Morgan fingerprint density at radius 2 is 2.11 bits per heavy atom. The molecule has 3 aromatic rings. The van der Waals surface area contributed by atoms with E-state index < -0.39 is 0 Å². The van der Waals surface area contributed by atoms with Gasteiger partial charge in [0.15, 0.2) is 4.80 Å². The minimum Gasteiger partial charge on any atom is -0.287 e. The Bertz CT molecular complexity index is 852. The van der Waals surface area contributed by atoms with Crippen LogP contribution < -0.4 is 10.4 Å². The Morgan fingerprint density at radius 1 is 1.26 bits per heavy atom. The molecule has 94 valence electrons. The first-order chi connectivity index (χ1) is 9.25. The van der Waals surface area contributed by atoms with Gasteiger partial charge in [0.1, 0.15) is 4.83 Å². The average Bonchev–Trinajstić information content (AvgIpc) is 2.46. The third-order valence-electron chi connectivity index (χ3n) is 2.65. The molecule has 3 heterocycles. The fourth-order valence-electron chi connectivity index (χ4n) is 1.69. The first-order valence-electron chi connectivity index (χ1n) is 5.65. The number of hydrogen-bond donors (Lipinski definition) is 0. The molecule has 0 aliphatic carbocycles. The highest BCUT2D eigenvalue weighted by Gasteiger charge is 2.04. The van der Waals surface area contributed by atoms with Crippen molar-refractivity contribution in [2.24, 2.45) is 12.0 Å². The van der Waals surface area contributed by atoms with Gasteiger partial charge < -0.3 is 0 Å². The van der Waals surface area contributed by atoms with Crippen LogP contribution in [-0.2, 0) is 7.05 Å². The molecule has 0 aliphatic rings. The molecular weight excluding hydrogens is 260 g/mol. The SMILES string of the molecule is Cn1c(=Nc2cccnc2)sc2ncccc2c1=O. The second-order valence-electron chi connectivity index (χ2n) is 3.93. The van der Waals surface area contributed by atoms with E-state index in [1.165, 1.54) is 15.9 Å². The van der Waals surface area contributed by atoms with E-state index in [-0.39, 0.29) is 5.56 Å². The van der Waals surface area contributed by atoms with Crippen LogP contribution in [0, 0.1) is 0 Å². The van der Waals surface area contributed by atoms with Gasteiger partial charge in [-0.3, -0.25) is 14.3 Å². The Labute approximate surface area is 112 Å². The van der Waals surface area contributed by atoms with Crippen molar-refractivity contribution in [1.29, 1.82) is 0 Å². The van der Waals surface area contributed by atoms with Gasteiger partial charge >= 0.3 is 0 Å². The highest BCUT2D eigenvalue weighted by Crippen LogP contribution is 2.10. The van der Waals surface area contributed by atoms with Crippen LogP contribution in [0.25, 0.3) is 10.2 Å². The average molecular weight is 270 g/mol. The van der Waals surface area contributed by atoms with Crippen LogP contribution in [0.5, 0.6) is 0 Å². The molecular formula is C13H10N4OS. The third kappa shape index (κ3) is 2.17. The lowest BCUT2D eigenvalue weighted by Crippen LogP contribution is -2.28. The second kappa shape index (κ2) is 4.74. The van der Waals surface area contributed by atoms with Crippen LogP contribution in [0.4, 0.5) is 5.69 Å². The summed E-state index contributed by atoms with van der Waals surface area (Å²) in [4.78, 5) is 26.1. The van der Waals surface area contributed by atoms with Crippen LogP contribution in [0.15, 0.2) is 52.6 Å². The van der Waals surface area contributed by atoms with Crippen molar-refractivity contribution >= 4 is 27.2 Å². The highest BCUT2D eigenvalue weighted by molar-refractivity contribution is 7.15. The van der Waals surface area contributed by atoms with Crippen molar-refractivity contribution in [3.63, 3.8) is 0 Å². The summed E-state index contributed by atoms with van der Waals surface area (Å²) in [5, 5.41) is 0.611. The van der Waals surface area contributed by atoms with Crippen LogP contribution in [0.3, 0.4) is 0 Å². The molecule has 0 aromatic carbocycles. The fourth-order valence-corrected chi connectivity index (χ4v) is 2.61. The molecule has 0 amide bonds. The van der Waals surface area contributed by atoms with E-state index in [1.54, 1.807) is 43.8 Å². The van der Waals surface area contributed by atoms with E-state index >= 15 is 0 Å².